The second kappa shape index (κ2) is 5.14. The molecule has 3 nitrogen and oxygen atoms in total. The van der Waals surface area contributed by atoms with E-state index in [0.717, 1.165) is 37.8 Å². The summed E-state index contributed by atoms with van der Waals surface area (Å²) in [7, 11) is 0. The van der Waals surface area contributed by atoms with Crippen LogP contribution in [0.15, 0.2) is 18.2 Å². The maximum absolute atomic E-state index is 5.58. The molecule has 0 atom stereocenters. The van der Waals surface area contributed by atoms with E-state index >= 15 is 0 Å². The van der Waals surface area contributed by atoms with Gasteiger partial charge >= 0.3 is 0 Å². The van der Waals surface area contributed by atoms with E-state index in [1.807, 2.05) is 0 Å². The van der Waals surface area contributed by atoms with Gasteiger partial charge in [0.15, 0.2) is 0 Å². The first-order chi connectivity index (χ1) is 9.15. The molecule has 2 N–H and O–H groups in total. The van der Waals surface area contributed by atoms with Crippen molar-refractivity contribution < 1.29 is 4.74 Å². The molecule has 0 aliphatic carbocycles. The van der Waals surface area contributed by atoms with Gasteiger partial charge in [-0.3, -0.25) is 0 Å². The Labute approximate surface area is 115 Å². The average Bonchev–Trinajstić information content (AvgIpc) is 2.79. The molecular formula is C16H24N2O. The van der Waals surface area contributed by atoms with Gasteiger partial charge in [0.2, 0.25) is 0 Å². The molecule has 1 aromatic rings. The van der Waals surface area contributed by atoms with Crippen molar-refractivity contribution in [1.29, 1.82) is 0 Å². The average molecular weight is 260 g/mol. The lowest BCUT2D eigenvalue weighted by molar-refractivity contribution is 0.319. The number of nitrogens with one attached hydrogen (secondary N) is 2. The highest BCUT2D eigenvalue weighted by Gasteiger charge is 2.24. The first kappa shape index (κ1) is 12.9. The van der Waals surface area contributed by atoms with E-state index in [0.29, 0.717) is 0 Å². The number of fused-ring (bicyclic) bond motifs is 1. The summed E-state index contributed by atoms with van der Waals surface area (Å²) in [4.78, 5) is 0. The summed E-state index contributed by atoms with van der Waals surface area (Å²) in [6.45, 7) is 9.97. The Morgan fingerprint density at radius 3 is 2.95 bits per heavy atom. The van der Waals surface area contributed by atoms with Gasteiger partial charge in [0, 0.05) is 38.0 Å². The fraction of sp³-hybridized carbons (Fsp3) is 0.625. The van der Waals surface area contributed by atoms with Crippen LogP contribution in [0.5, 0.6) is 5.75 Å². The van der Waals surface area contributed by atoms with Crippen molar-refractivity contribution in [3.63, 3.8) is 0 Å². The Morgan fingerprint density at radius 2 is 2.21 bits per heavy atom. The van der Waals surface area contributed by atoms with Gasteiger partial charge in [0.05, 0.1) is 6.61 Å². The minimum absolute atomic E-state index is 0.175. The fourth-order valence-corrected chi connectivity index (χ4v) is 2.79. The maximum Gasteiger partial charge on any atom is 0.122 e. The van der Waals surface area contributed by atoms with Crippen LogP contribution in [0.4, 0.5) is 0 Å². The maximum atomic E-state index is 5.58. The minimum Gasteiger partial charge on any atom is -0.493 e. The van der Waals surface area contributed by atoms with Crippen molar-refractivity contribution in [3.05, 3.63) is 29.3 Å². The predicted molar refractivity (Wildman–Crippen MR) is 77.9 cm³/mol. The van der Waals surface area contributed by atoms with Crippen LogP contribution in [0, 0.1) is 5.92 Å². The summed E-state index contributed by atoms with van der Waals surface area (Å²) in [5, 5.41) is 6.94. The largest absolute Gasteiger partial charge is 0.493 e. The number of rotatable bonds is 5. The van der Waals surface area contributed by atoms with E-state index in [9.17, 15) is 0 Å². The lowest BCUT2D eigenvalue weighted by Crippen LogP contribution is -2.48. The monoisotopic (exact) mass is 260 g/mol. The predicted octanol–water partition coefficient (Wildman–Crippen LogP) is 1.71. The number of ether oxygens (including phenoxy) is 1. The van der Waals surface area contributed by atoms with Crippen LogP contribution in [-0.2, 0) is 11.8 Å². The van der Waals surface area contributed by atoms with Crippen LogP contribution in [0.2, 0.25) is 0 Å². The van der Waals surface area contributed by atoms with E-state index in [1.165, 1.54) is 24.2 Å². The standard InChI is InChI=1S/C16H24N2O/c1-16(2,11-18-10-12-8-17-9-12)14-3-4-15-13(7-14)5-6-19-15/h3-4,7,12,17-18H,5-6,8-11H2,1-2H3. The summed E-state index contributed by atoms with van der Waals surface area (Å²) >= 11 is 0. The molecule has 2 heterocycles. The normalized spacial score (nSPS) is 18.8. The molecule has 0 saturated carbocycles. The Kier molecular flexibility index (Phi) is 3.50. The van der Waals surface area contributed by atoms with Gasteiger partial charge in [0.1, 0.15) is 5.75 Å². The third-order valence-corrected chi connectivity index (χ3v) is 4.34. The summed E-state index contributed by atoms with van der Waals surface area (Å²) in [5.41, 5.74) is 2.96. The first-order valence-electron chi connectivity index (χ1n) is 7.33. The molecule has 0 radical (unpaired) electrons. The number of hydrogen-bond acceptors (Lipinski definition) is 3. The van der Waals surface area contributed by atoms with E-state index < -0.39 is 0 Å². The molecule has 104 valence electrons. The molecule has 0 unspecified atom stereocenters. The Bertz CT molecular complexity index is 452. The van der Waals surface area contributed by atoms with Gasteiger partial charge in [-0.05, 0) is 23.1 Å². The van der Waals surface area contributed by atoms with Gasteiger partial charge in [-0.1, -0.05) is 26.0 Å². The van der Waals surface area contributed by atoms with Crippen LogP contribution in [0.25, 0.3) is 0 Å². The second-order valence-electron chi connectivity index (χ2n) is 6.46. The first-order valence-corrected chi connectivity index (χ1v) is 7.33. The summed E-state index contributed by atoms with van der Waals surface area (Å²) in [6, 6.07) is 6.68. The summed E-state index contributed by atoms with van der Waals surface area (Å²) < 4.78 is 5.58. The number of benzene rings is 1. The highest BCUT2D eigenvalue weighted by atomic mass is 16.5. The van der Waals surface area contributed by atoms with Crippen molar-refractivity contribution >= 4 is 0 Å². The molecule has 2 aliphatic rings. The zero-order valence-corrected chi connectivity index (χ0v) is 12.0. The van der Waals surface area contributed by atoms with Crippen LogP contribution in [0.3, 0.4) is 0 Å². The molecule has 1 saturated heterocycles. The Balaban J connectivity index is 1.61. The van der Waals surface area contributed by atoms with Crippen molar-refractivity contribution in [3.8, 4) is 5.75 Å². The van der Waals surface area contributed by atoms with E-state index in [1.54, 1.807) is 0 Å². The minimum atomic E-state index is 0.175. The molecule has 3 heteroatoms. The van der Waals surface area contributed by atoms with E-state index in [2.05, 4.69) is 42.7 Å². The molecule has 19 heavy (non-hydrogen) atoms. The molecule has 3 rings (SSSR count). The molecule has 0 spiro atoms. The molecule has 0 bridgehead atoms. The van der Waals surface area contributed by atoms with E-state index in [4.69, 9.17) is 4.74 Å². The van der Waals surface area contributed by atoms with Crippen LogP contribution in [0.1, 0.15) is 25.0 Å². The summed E-state index contributed by atoms with van der Waals surface area (Å²) in [6.07, 6.45) is 1.06. The molecule has 0 aromatic heterocycles. The van der Waals surface area contributed by atoms with Crippen molar-refractivity contribution in [2.75, 3.05) is 32.8 Å². The lowest BCUT2D eigenvalue weighted by atomic mass is 9.83. The highest BCUT2D eigenvalue weighted by Crippen LogP contribution is 2.31. The summed E-state index contributed by atoms with van der Waals surface area (Å²) in [5.74, 6) is 1.90. The van der Waals surface area contributed by atoms with Crippen LogP contribution >= 0.6 is 0 Å². The molecule has 1 fully saturated rings. The van der Waals surface area contributed by atoms with Gasteiger partial charge in [-0.15, -0.1) is 0 Å². The smallest absolute Gasteiger partial charge is 0.122 e. The SMILES string of the molecule is CC(C)(CNCC1CNC1)c1ccc2c(c1)CCO2. The second-order valence-corrected chi connectivity index (χ2v) is 6.46. The van der Waals surface area contributed by atoms with Gasteiger partial charge < -0.3 is 15.4 Å². The molecule has 0 amide bonds. The van der Waals surface area contributed by atoms with E-state index in [-0.39, 0.29) is 5.41 Å². The fourth-order valence-electron chi connectivity index (χ4n) is 2.79. The third kappa shape index (κ3) is 2.77. The lowest BCUT2D eigenvalue weighted by Gasteiger charge is -2.31. The van der Waals surface area contributed by atoms with Crippen LogP contribution < -0.4 is 15.4 Å². The third-order valence-electron chi connectivity index (χ3n) is 4.34. The van der Waals surface area contributed by atoms with Crippen molar-refractivity contribution in [2.24, 2.45) is 5.92 Å². The quantitative estimate of drug-likeness (QED) is 0.845. The van der Waals surface area contributed by atoms with Crippen molar-refractivity contribution in [1.82, 2.24) is 10.6 Å². The van der Waals surface area contributed by atoms with Crippen molar-refractivity contribution in [2.45, 2.75) is 25.7 Å². The van der Waals surface area contributed by atoms with Gasteiger partial charge in [-0.25, -0.2) is 0 Å². The Morgan fingerprint density at radius 1 is 1.37 bits per heavy atom. The highest BCUT2D eigenvalue weighted by molar-refractivity contribution is 5.42. The molecule has 1 aromatic carbocycles. The van der Waals surface area contributed by atoms with Crippen LogP contribution in [-0.4, -0.2) is 32.8 Å². The topological polar surface area (TPSA) is 33.3 Å². The zero-order valence-electron chi connectivity index (χ0n) is 12.0. The van der Waals surface area contributed by atoms with Gasteiger partial charge in [0.25, 0.3) is 0 Å². The molecular weight excluding hydrogens is 236 g/mol. The van der Waals surface area contributed by atoms with Gasteiger partial charge in [-0.2, -0.15) is 0 Å². The molecule has 2 aliphatic heterocycles. The number of hydrogen-bond donors (Lipinski definition) is 2. The Hall–Kier alpha value is -1.06. The zero-order chi connectivity index (χ0) is 13.3.